The average molecular weight is 429 g/mol. The van der Waals surface area contributed by atoms with Crippen LogP contribution in [0.15, 0.2) is 85.1 Å². The summed E-state index contributed by atoms with van der Waals surface area (Å²) in [5, 5.41) is 15.2. The van der Waals surface area contributed by atoms with Crippen molar-refractivity contribution in [2.24, 2.45) is 5.84 Å². The molecule has 0 aliphatic rings. The van der Waals surface area contributed by atoms with Gasteiger partial charge in [-0.2, -0.15) is 10.1 Å². The van der Waals surface area contributed by atoms with E-state index in [1.807, 2.05) is 54.0 Å². The van der Waals surface area contributed by atoms with E-state index in [0.29, 0.717) is 16.4 Å². The van der Waals surface area contributed by atoms with Crippen molar-refractivity contribution in [2.45, 2.75) is 0 Å². The second kappa shape index (κ2) is 8.98. The standard InChI is InChI=1S/C22H19N7O3/c23-25-22(32)29(26-17-12-7-13-24-20(17)30)21(31)19-14-18(15-8-3-1-4-9-15)27-28(19)16-10-5-2-6-11-16/h1-14,26H,23H2,(H,24,30)(H,25,32). The molecule has 3 amide bonds. The Morgan fingerprint density at radius 3 is 2.31 bits per heavy atom. The Morgan fingerprint density at radius 2 is 1.66 bits per heavy atom. The zero-order chi connectivity index (χ0) is 22.5. The Hall–Kier alpha value is -4.70. The van der Waals surface area contributed by atoms with E-state index in [9.17, 15) is 14.7 Å². The molecule has 0 fully saturated rings. The Balaban J connectivity index is 1.80. The van der Waals surface area contributed by atoms with Crippen molar-refractivity contribution in [3.63, 3.8) is 0 Å². The van der Waals surface area contributed by atoms with Crippen LogP contribution in [0.4, 0.5) is 10.5 Å². The summed E-state index contributed by atoms with van der Waals surface area (Å²) in [4.78, 5) is 29.7. The first-order valence-electron chi connectivity index (χ1n) is 9.55. The molecular formula is C22H19N7O3. The van der Waals surface area contributed by atoms with Gasteiger partial charge in [0.05, 0.1) is 11.4 Å². The number of hydrogen-bond donors (Lipinski definition) is 4. The van der Waals surface area contributed by atoms with Gasteiger partial charge in [0.25, 0.3) is 5.91 Å². The van der Waals surface area contributed by atoms with Crippen molar-refractivity contribution < 1.29 is 14.7 Å². The number of nitrogens with zero attached hydrogens (tertiary/aromatic N) is 4. The molecule has 5 N–H and O–H groups in total. The lowest BCUT2D eigenvalue weighted by Crippen LogP contribution is -2.50. The largest absolute Gasteiger partial charge is 0.492 e. The first kappa shape index (κ1) is 20.6. The number of urea groups is 1. The van der Waals surface area contributed by atoms with E-state index in [1.165, 1.54) is 23.0 Å². The van der Waals surface area contributed by atoms with Crippen molar-refractivity contribution in [1.29, 1.82) is 0 Å². The molecular weight excluding hydrogens is 410 g/mol. The summed E-state index contributed by atoms with van der Waals surface area (Å²) in [6.45, 7) is 0. The fourth-order valence-corrected chi connectivity index (χ4v) is 3.03. The maximum Gasteiger partial charge on any atom is 0.357 e. The molecule has 10 heteroatoms. The quantitative estimate of drug-likeness (QED) is 0.217. The van der Waals surface area contributed by atoms with Gasteiger partial charge in [-0.25, -0.2) is 20.3 Å². The van der Waals surface area contributed by atoms with Gasteiger partial charge in [0.2, 0.25) is 5.88 Å². The lowest BCUT2D eigenvalue weighted by molar-refractivity contribution is 0.0821. The van der Waals surface area contributed by atoms with Gasteiger partial charge in [-0.15, -0.1) is 0 Å². The Labute approximate surface area is 182 Å². The predicted octanol–water partition coefficient (Wildman–Crippen LogP) is 2.69. The maximum atomic E-state index is 13.5. The van der Waals surface area contributed by atoms with Gasteiger partial charge in [-0.3, -0.25) is 15.6 Å². The molecule has 0 atom stereocenters. The van der Waals surface area contributed by atoms with E-state index in [0.717, 1.165) is 5.56 Å². The van der Waals surface area contributed by atoms with Gasteiger partial charge < -0.3 is 5.11 Å². The number of benzene rings is 2. The van der Waals surface area contributed by atoms with Crippen molar-refractivity contribution in [3.05, 3.63) is 90.8 Å². The number of hydrogen-bond acceptors (Lipinski definition) is 7. The lowest BCUT2D eigenvalue weighted by Gasteiger charge is -2.22. The number of pyridine rings is 1. The summed E-state index contributed by atoms with van der Waals surface area (Å²) >= 11 is 0. The zero-order valence-electron chi connectivity index (χ0n) is 16.7. The zero-order valence-corrected chi connectivity index (χ0v) is 16.7. The van der Waals surface area contributed by atoms with Crippen LogP contribution in [-0.2, 0) is 0 Å². The van der Waals surface area contributed by atoms with Crippen LogP contribution in [0.3, 0.4) is 0 Å². The highest BCUT2D eigenvalue weighted by atomic mass is 16.3. The minimum absolute atomic E-state index is 0.0403. The molecule has 0 aliphatic heterocycles. The number of rotatable bonds is 5. The normalized spacial score (nSPS) is 10.4. The van der Waals surface area contributed by atoms with Gasteiger partial charge in [-0.05, 0) is 30.3 Å². The Morgan fingerprint density at radius 1 is 0.969 bits per heavy atom. The summed E-state index contributed by atoms with van der Waals surface area (Å²) in [5.74, 6) is 4.15. The predicted molar refractivity (Wildman–Crippen MR) is 117 cm³/mol. The molecule has 0 radical (unpaired) electrons. The number of aromatic nitrogens is 3. The number of imide groups is 1. The summed E-state index contributed by atoms with van der Waals surface area (Å²) in [6.07, 6.45) is 1.37. The highest BCUT2D eigenvalue weighted by Gasteiger charge is 2.28. The molecule has 4 rings (SSSR count). The smallest absolute Gasteiger partial charge is 0.357 e. The first-order chi connectivity index (χ1) is 15.6. The third-order valence-electron chi connectivity index (χ3n) is 4.55. The van der Waals surface area contributed by atoms with Crippen molar-refractivity contribution in [1.82, 2.24) is 25.2 Å². The second-order valence-corrected chi connectivity index (χ2v) is 6.60. The highest BCUT2D eigenvalue weighted by Crippen LogP contribution is 2.24. The van der Waals surface area contributed by atoms with E-state index in [1.54, 1.807) is 18.2 Å². The number of carbonyl (C=O) groups excluding carboxylic acids is 2. The molecule has 0 saturated heterocycles. The second-order valence-electron chi connectivity index (χ2n) is 6.60. The molecule has 10 nitrogen and oxygen atoms in total. The van der Waals surface area contributed by atoms with Crippen molar-refractivity contribution in [3.8, 4) is 22.8 Å². The summed E-state index contributed by atoms with van der Waals surface area (Å²) in [7, 11) is 0. The van der Waals surface area contributed by atoms with E-state index < -0.39 is 17.8 Å². The van der Waals surface area contributed by atoms with Gasteiger partial charge in [0.1, 0.15) is 11.4 Å². The number of amides is 3. The van der Waals surface area contributed by atoms with Gasteiger partial charge >= 0.3 is 6.03 Å². The molecule has 0 spiro atoms. The third kappa shape index (κ3) is 4.11. The number of hydrazine groups is 2. The van der Waals surface area contributed by atoms with Crippen LogP contribution in [0.1, 0.15) is 10.5 Å². The van der Waals surface area contributed by atoms with E-state index >= 15 is 0 Å². The van der Waals surface area contributed by atoms with Crippen LogP contribution in [0.5, 0.6) is 5.88 Å². The maximum absolute atomic E-state index is 13.5. The molecule has 2 aromatic heterocycles. The molecule has 2 heterocycles. The van der Waals surface area contributed by atoms with Crippen LogP contribution >= 0.6 is 0 Å². The summed E-state index contributed by atoms with van der Waals surface area (Å²) in [6, 6.07) is 22.0. The molecule has 0 bridgehead atoms. The minimum atomic E-state index is -0.944. The van der Waals surface area contributed by atoms with Crippen LogP contribution in [0, 0.1) is 0 Å². The molecule has 0 unspecified atom stereocenters. The van der Waals surface area contributed by atoms with Crippen LogP contribution in [0.25, 0.3) is 16.9 Å². The molecule has 2 aromatic carbocycles. The SMILES string of the molecule is NNC(=O)N(Nc1cccnc1O)C(=O)c1cc(-c2ccccc2)nn1-c1ccccc1. The fourth-order valence-electron chi connectivity index (χ4n) is 3.03. The summed E-state index contributed by atoms with van der Waals surface area (Å²) < 4.78 is 1.44. The molecule has 0 saturated carbocycles. The molecule has 4 aromatic rings. The highest BCUT2D eigenvalue weighted by molar-refractivity contribution is 6.05. The van der Waals surface area contributed by atoms with Gasteiger partial charge in [0.15, 0.2) is 0 Å². The topological polar surface area (TPSA) is 138 Å². The number of aromatic hydroxyl groups is 1. The number of nitrogens with one attached hydrogen (secondary N) is 2. The summed E-state index contributed by atoms with van der Waals surface area (Å²) in [5.41, 5.74) is 6.57. The Bertz CT molecular complexity index is 1240. The van der Waals surface area contributed by atoms with Crippen molar-refractivity contribution >= 4 is 17.6 Å². The molecule has 0 aliphatic carbocycles. The number of carbonyl (C=O) groups is 2. The van der Waals surface area contributed by atoms with Crippen LogP contribution in [0.2, 0.25) is 0 Å². The van der Waals surface area contributed by atoms with Crippen LogP contribution in [-0.4, -0.2) is 36.8 Å². The average Bonchev–Trinajstić information content (AvgIpc) is 3.29. The monoisotopic (exact) mass is 429 g/mol. The van der Waals surface area contributed by atoms with E-state index in [4.69, 9.17) is 5.84 Å². The molecule has 160 valence electrons. The van der Waals surface area contributed by atoms with Crippen molar-refractivity contribution in [2.75, 3.05) is 5.43 Å². The minimum Gasteiger partial charge on any atom is -0.492 e. The lowest BCUT2D eigenvalue weighted by atomic mass is 10.1. The first-order valence-corrected chi connectivity index (χ1v) is 9.55. The van der Waals surface area contributed by atoms with Crippen LogP contribution < -0.4 is 16.7 Å². The fraction of sp³-hybridized carbons (Fsp3) is 0. The van der Waals surface area contributed by atoms with E-state index in [2.05, 4.69) is 15.5 Å². The Kier molecular flexibility index (Phi) is 5.77. The van der Waals surface area contributed by atoms with Gasteiger partial charge in [-0.1, -0.05) is 48.5 Å². The number of para-hydroxylation sites is 1. The molecule has 32 heavy (non-hydrogen) atoms. The third-order valence-corrected chi connectivity index (χ3v) is 4.55. The number of nitrogens with two attached hydrogens (primary N) is 1. The van der Waals surface area contributed by atoms with E-state index in [-0.39, 0.29) is 11.4 Å². The van der Waals surface area contributed by atoms with Gasteiger partial charge in [0, 0.05) is 11.8 Å². The number of anilines is 1.